The molecular weight excluding hydrogens is 422 g/mol. The molecular formula is C19H25Cl2FN4O3. The molecule has 0 bridgehead atoms. The zero-order valence-corrected chi connectivity index (χ0v) is 17.4. The number of likely N-dealkylation sites (tertiary alicyclic amines) is 1. The van der Waals surface area contributed by atoms with Crippen LogP contribution < -0.4 is 11.1 Å². The molecule has 1 atom stereocenters. The molecule has 1 aromatic heterocycles. The Balaban J connectivity index is 0.00000210. The summed E-state index contributed by atoms with van der Waals surface area (Å²) >= 11 is 0. The molecule has 10 heteroatoms. The van der Waals surface area contributed by atoms with Crippen LogP contribution >= 0.6 is 24.8 Å². The molecule has 2 amide bonds. The lowest BCUT2D eigenvalue weighted by atomic mass is 9.96. The Morgan fingerprint density at radius 1 is 1.28 bits per heavy atom. The van der Waals surface area contributed by atoms with Crippen molar-refractivity contribution in [2.45, 2.75) is 19.3 Å². The lowest BCUT2D eigenvalue weighted by Gasteiger charge is -2.32. The number of benzene rings is 1. The second-order valence-electron chi connectivity index (χ2n) is 6.59. The normalized spacial score (nSPS) is 15.8. The van der Waals surface area contributed by atoms with Gasteiger partial charge < -0.3 is 20.4 Å². The summed E-state index contributed by atoms with van der Waals surface area (Å²) in [5.74, 6) is -0.351. The van der Waals surface area contributed by atoms with Crippen LogP contribution in [-0.4, -0.2) is 47.9 Å². The van der Waals surface area contributed by atoms with Gasteiger partial charge in [-0.25, -0.2) is 9.37 Å². The number of aromatic nitrogens is 1. The summed E-state index contributed by atoms with van der Waals surface area (Å²) in [6, 6.07) is 5.80. The minimum Gasteiger partial charge on any atom is -0.444 e. The molecule has 1 unspecified atom stereocenters. The summed E-state index contributed by atoms with van der Waals surface area (Å²) in [7, 11) is 0. The number of nitrogens with one attached hydrogen (secondary N) is 1. The van der Waals surface area contributed by atoms with E-state index in [1.807, 2.05) is 0 Å². The molecule has 1 saturated heterocycles. The molecule has 1 aromatic carbocycles. The molecule has 0 spiro atoms. The van der Waals surface area contributed by atoms with Crippen LogP contribution in [0.1, 0.15) is 18.5 Å². The lowest BCUT2D eigenvalue weighted by Crippen LogP contribution is -2.46. The van der Waals surface area contributed by atoms with Gasteiger partial charge in [0, 0.05) is 31.7 Å². The van der Waals surface area contributed by atoms with Gasteiger partial charge in [-0.05, 0) is 37.1 Å². The largest absolute Gasteiger partial charge is 0.444 e. The molecule has 2 aromatic rings. The number of carbonyl (C=O) groups is 2. The van der Waals surface area contributed by atoms with Gasteiger partial charge in [0.25, 0.3) is 0 Å². The van der Waals surface area contributed by atoms with Gasteiger partial charge in [0.15, 0.2) is 0 Å². The zero-order chi connectivity index (χ0) is 19.2. The van der Waals surface area contributed by atoms with E-state index in [4.69, 9.17) is 10.2 Å². The number of oxazole rings is 1. The highest BCUT2D eigenvalue weighted by atomic mass is 35.5. The Bertz CT molecular complexity index is 801. The number of hydrogen-bond acceptors (Lipinski definition) is 5. The first-order valence-corrected chi connectivity index (χ1v) is 9.02. The van der Waals surface area contributed by atoms with Crippen molar-refractivity contribution in [2.24, 2.45) is 11.7 Å². The molecule has 1 aliphatic heterocycles. The van der Waals surface area contributed by atoms with Gasteiger partial charge in [0.2, 0.25) is 17.7 Å². The zero-order valence-electron chi connectivity index (χ0n) is 15.8. The number of carbonyl (C=O) groups excluding carboxylic acids is 2. The van der Waals surface area contributed by atoms with Crippen molar-refractivity contribution in [3.05, 3.63) is 42.0 Å². The van der Waals surface area contributed by atoms with E-state index in [1.165, 1.54) is 18.4 Å². The number of rotatable bonds is 6. The SMILES string of the molecule is Cl.Cl.NCCNC(=O)C1CCCN(C(=O)Cc2coc(-c3ccc(F)cc3)n2)C1. The van der Waals surface area contributed by atoms with Crippen molar-refractivity contribution in [2.75, 3.05) is 26.2 Å². The third-order valence-corrected chi connectivity index (χ3v) is 4.56. The summed E-state index contributed by atoms with van der Waals surface area (Å²) < 4.78 is 18.4. The molecule has 160 valence electrons. The summed E-state index contributed by atoms with van der Waals surface area (Å²) in [5.41, 5.74) is 6.56. The van der Waals surface area contributed by atoms with Crippen LogP contribution in [0.2, 0.25) is 0 Å². The molecule has 29 heavy (non-hydrogen) atoms. The van der Waals surface area contributed by atoms with Crippen molar-refractivity contribution < 1.29 is 18.4 Å². The molecule has 1 fully saturated rings. The second-order valence-corrected chi connectivity index (χ2v) is 6.59. The van der Waals surface area contributed by atoms with Gasteiger partial charge in [-0.1, -0.05) is 0 Å². The number of hydrogen-bond donors (Lipinski definition) is 2. The number of piperidine rings is 1. The predicted molar refractivity (Wildman–Crippen MR) is 111 cm³/mol. The maximum atomic E-state index is 13.0. The third-order valence-electron chi connectivity index (χ3n) is 4.56. The monoisotopic (exact) mass is 446 g/mol. The van der Waals surface area contributed by atoms with Crippen molar-refractivity contribution >= 4 is 36.6 Å². The average molecular weight is 447 g/mol. The van der Waals surface area contributed by atoms with Gasteiger partial charge in [0.05, 0.1) is 18.0 Å². The summed E-state index contributed by atoms with van der Waals surface area (Å²) in [4.78, 5) is 30.7. The average Bonchev–Trinajstić information content (AvgIpc) is 3.15. The highest BCUT2D eigenvalue weighted by molar-refractivity contribution is 5.85. The molecule has 3 rings (SSSR count). The minimum atomic E-state index is -0.337. The van der Waals surface area contributed by atoms with E-state index < -0.39 is 0 Å². The van der Waals surface area contributed by atoms with Crippen molar-refractivity contribution in [3.63, 3.8) is 0 Å². The predicted octanol–water partition coefficient (Wildman–Crippen LogP) is 2.18. The first-order chi connectivity index (χ1) is 13.1. The van der Waals surface area contributed by atoms with Crippen LogP contribution in [0.25, 0.3) is 11.5 Å². The molecule has 3 N–H and O–H groups in total. The topological polar surface area (TPSA) is 101 Å². The van der Waals surface area contributed by atoms with Crippen LogP contribution in [0.15, 0.2) is 34.9 Å². The van der Waals surface area contributed by atoms with Crippen molar-refractivity contribution in [3.8, 4) is 11.5 Å². The van der Waals surface area contributed by atoms with Crippen LogP contribution in [0.4, 0.5) is 4.39 Å². The van der Waals surface area contributed by atoms with Crippen LogP contribution in [-0.2, 0) is 16.0 Å². The Kier molecular flexibility index (Phi) is 10.1. The minimum absolute atomic E-state index is 0. The van der Waals surface area contributed by atoms with E-state index in [-0.39, 0.29) is 54.8 Å². The van der Waals surface area contributed by atoms with Crippen molar-refractivity contribution in [1.29, 1.82) is 0 Å². The Labute approximate surface area is 181 Å². The maximum Gasteiger partial charge on any atom is 0.228 e. The van der Waals surface area contributed by atoms with Crippen LogP contribution in [0.5, 0.6) is 0 Å². The fourth-order valence-corrected chi connectivity index (χ4v) is 3.14. The Morgan fingerprint density at radius 2 is 2.00 bits per heavy atom. The Morgan fingerprint density at radius 3 is 2.69 bits per heavy atom. The number of amides is 2. The van der Waals surface area contributed by atoms with Gasteiger partial charge in [-0.2, -0.15) is 0 Å². The van der Waals surface area contributed by atoms with E-state index in [1.54, 1.807) is 17.0 Å². The van der Waals surface area contributed by atoms with Crippen LogP contribution in [0, 0.1) is 11.7 Å². The molecule has 0 saturated carbocycles. The van der Waals surface area contributed by atoms with Gasteiger partial charge >= 0.3 is 0 Å². The van der Waals surface area contributed by atoms with Gasteiger partial charge in [-0.3, -0.25) is 9.59 Å². The summed E-state index contributed by atoms with van der Waals surface area (Å²) in [6.07, 6.45) is 3.08. The maximum absolute atomic E-state index is 13.0. The van der Waals surface area contributed by atoms with Gasteiger partial charge in [0.1, 0.15) is 12.1 Å². The second kappa shape index (κ2) is 11.7. The quantitative estimate of drug-likeness (QED) is 0.707. The number of nitrogens with two attached hydrogens (primary N) is 1. The highest BCUT2D eigenvalue weighted by Crippen LogP contribution is 2.21. The summed E-state index contributed by atoms with van der Waals surface area (Å²) in [5, 5.41) is 2.78. The fourth-order valence-electron chi connectivity index (χ4n) is 3.14. The first-order valence-electron chi connectivity index (χ1n) is 9.02. The molecule has 7 nitrogen and oxygen atoms in total. The van der Waals surface area contributed by atoms with E-state index >= 15 is 0 Å². The first kappa shape index (κ1) is 24.9. The van der Waals surface area contributed by atoms with Crippen LogP contribution in [0.3, 0.4) is 0 Å². The standard InChI is InChI=1S/C19H23FN4O3.2ClH/c20-15-5-3-13(4-6-15)19-23-16(12-27-19)10-17(25)24-9-1-2-14(11-24)18(26)22-8-7-21;;/h3-6,12,14H,1-2,7-11,21H2,(H,22,26);2*1H. The van der Waals surface area contributed by atoms with E-state index in [0.717, 1.165) is 12.8 Å². The Hall–Kier alpha value is -2.16. The van der Waals surface area contributed by atoms with E-state index in [9.17, 15) is 14.0 Å². The molecule has 0 radical (unpaired) electrons. The highest BCUT2D eigenvalue weighted by Gasteiger charge is 2.28. The fraction of sp³-hybridized carbons (Fsp3) is 0.421. The van der Waals surface area contributed by atoms with Gasteiger partial charge in [-0.15, -0.1) is 24.8 Å². The van der Waals surface area contributed by atoms with E-state index in [0.29, 0.717) is 43.3 Å². The molecule has 2 heterocycles. The van der Waals surface area contributed by atoms with E-state index in [2.05, 4.69) is 10.3 Å². The lowest BCUT2D eigenvalue weighted by molar-refractivity contribution is -0.135. The molecule has 0 aliphatic carbocycles. The summed E-state index contributed by atoms with van der Waals surface area (Å²) in [6.45, 7) is 1.86. The van der Waals surface area contributed by atoms with Crippen molar-refractivity contribution in [1.82, 2.24) is 15.2 Å². The number of halogens is 3. The number of nitrogens with zero attached hydrogens (tertiary/aromatic N) is 2. The molecule has 1 aliphatic rings. The third kappa shape index (κ3) is 6.69. The smallest absolute Gasteiger partial charge is 0.228 e.